The molecule has 0 aliphatic carbocycles. The van der Waals surface area contributed by atoms with Crippen LogP contribution in [0.5, 0.6) is 0 Å². The van der Waals surface area contributed by atoms with Crippen molar-refractivity contribution in [2.24, 2.45) is 10.2 Å². The summed E-state index contributed by atoms with van der Waals surface area (Å²) in [6.45, 7) is 4.60. The molecule has 0 bridgehead atoms. The Morgan fingerprint density at radius 1 is 1.03 bits per heavy atom. The van der Waals surface area contributed by atoms with Crippen molar-refractivity contribution in [3.8, 4) is 0 Å². The molecule has 1 aromatic heterocycles. The minimum absolute atomic E-state index is 0.0751. The number of thioether (sulfide) groups is 1. The smallest absolute Gasteiger partial charge is 0.175 e. The molecule has 146 valence electrons. The maximum absolute atomic E-state index is 12.6. The van der Waals surface area contributed by atoms with E-state index in [1.165, 1.54) is 11.8 Å². The number of aryl methyl sites for hydroxylation is 2. The maximum atomic E-state index is 12.6. The second kappa shape index (κ2) is 8.53. The van der Waals surface area contributed by atoms with Gasteiger partial charge in [0.15, 0.2) is 11.6 Å². The van der Waals surface area contributed by atoms with Crippen LogP contribution in [0, 0.1) is 6.92 Å². The normalized spacial score (nSPS) is 15.9. The second-order valence-electron chi connectivity index (χ2n) is 6.64. The van der Waals surface area contributed by atoms with Gasteiger partial charge in [-0.15, -0.1) is 10.2 Å². The molecule has 0 saturated carbocycles. The van der Waals surface area contributed by atoms with Gasteiger partial charge in [0.2, 0.25) is 0 Å². The molecule has 1 aliphatic rings. The highest BCUT2D eigenvalue weighted by Gasteiger charge is 2.33. The third kappa shape index (κ3) is 4.05. The van der Waals surface area contributed by atoms with Gasteiger partial charge in [-0.1, -0.05) is 72.4 Å². The van der Waals surface area contributed by atoms with E-state index < -0.39 is 0 Å². The number of carbonyl (C=O) groups excluding carboxylic acids is 1. The van der Waals surface area contributed by atoms with E-state index in [0.717, 1.165) is 22.1 Å². The summed E-state index contributed by atoms with van der Waals surface area (Å²) < 4.78 is 1.85. The minimum Gasteiger partial charge on any atom is -0.293 e. The Morgan fingerprint density at radius 3 is 2.41 bits per heavy atom. The molecule has 4 rings (SSSR count). The first-order chi connectivity index (χ1) is 14.2. The summed E-state index contributed by atoms with van der Waals surface area (Å²) in [6.07, 6.45) is 0. The molecule has 7 heteroatoms. The molecule has 6 nitrogen and oxygen atoms in total. The number of nitrogens with zero attached hydrogens (tertiary/aromatic N) is 5. The fraction of sp³-hybridized carbons (Fsp3) is 0.227. The molecular formula is C22H21N5OS. The van der Waals surface area contributed by atoms with Crippen LogP contribution in [0.1, 0.15) is 40.4 Å². The lowest BCUT2D eigenvalue weighted by atomic mass is 9.95. The summed E-state index contributed by atoms with van der Waals surface area (Å²) in [5.41, 5.74) is 2.55. The van der Waals surface area contributed by atoms with Crippen LogP contribution in [0.2, 0.25) is 0 Å². The monoisotopic (exact) mass is 403 g/mol. The predicted molar refractivity (Wildman–Crippen MR) is 117 cm³/mol. The zero-order valence-corrected chi connectivity index (χ0v) is 17.1. The van der Waals surface area contributed by atoms with E-state index >= 15 is 0 Å². The van der Waals surface area contributed by atoms with Crippen LogP contribution in [0.25, 0.3) is 0 Å². The summed E-state index contributed by atoms with van der Waals surface area (Å²) in [5.74, 6) is 1.67. The van der Waals surface area contributed by atoms with Gasteiger partial charge in [-0.05, 0) is 19.4 Å². The van der Waals surface area contributed by atoms with Crippen molar-refractivity contribution in [2.45, 2.75) is 26.3 Å². The molecule has 0 spiro atoms. The largest absolute Gasteiger partial charge is 0.293 e. The SMILES string of the molecule is CCn1nc(C)nc1C1=NN=C(SCC(=O)c2ccccc2)C1c1ccccc1. The summed E-state index contributed by atoms with van der Waals surface area (Å²) in [4.78, 5) is 17.1. The van der Waals surface area contributed by atoms with Gasteiger partial charge in [0, 0.05) is 12.1 Å². The Balaban J connectivity index is 1.60. The Kier molecular flexibility index (Phi) is 5.67. The standard InChI is InChI=1S/C22H21N5OS/c1-3-27-21(23-15(2)26-27)20-19(17-12-8-5-9-13-17)22(25-24-20)29-14-18(28)16-10-6-4-7-11-16/h4-13,19H,3,14H2,1-2H3. The predicted octanol–water partition coefficient (Wildman–Crippen LogP) is 4.12. The maximum Gasteiger partial charge on any atom is 0.175 e. The van der Waals surface area contributed by atoms with Crippen LogP contribution in [0.3, 0.4) is 0 Å². The first-order valence-corrected chi connectivity index (χ1v) is 10.5. The van der Waals surface area contributed by atoms with E-state index in [1.54, 1.807) is 0 Å². The highest BCUT2D eigenvalue weighted by Crippen LogP contribution is 2.32. The van der Waals surface area contributed by atoms with E-state index in [2.05, 4.69) is 32.4 Å². The summed E-state index contributed by atoms with van der Waals surface area (Å²) >= 11 is 1.44. The van der Waals surface area contributed by atoms with Gasteiger partial charge in [0.05, 0.1) is 11.7 Å². The molecule has 1 atom stereocenters. The Hall–Kier alpha value is -3.06. The van der Waals surface area contributed by atoms with Gasteiger partial charge in [0.25, 0.3) is 0 Å². The Morgan fingerprint density at radius 2 is 1.72 bits per heavy atom. The minimum atomic E-state index is -0.154. The van der Waals surface area contributed by atoms with Gasteiger partial charge in [0.1, 0.15) is 16.6 Å². The van der Waals surface area contributed by atoms with Crippen molar-refractivity contribution >= 4 is 28.3 Å². The molecule has 1 aliphatic heterocycles. The first kappa shape index (κ1) is 19.3. The molecule has 1 unspecified atom stereocenters. The fourth-order valence-electron chi connectivity index (χ4n) is 3.28. The van der Waals surface area contributed by atoms with Gasteiger partial charge >= 0.3 is 0 Å². The van der Waals surface area contributed by atoms with Crippen molar-refractivity contribution in [1.82, 2.24) is 14.8 Å². The van der Waals surface area contributed by atoms with Crippen molar-refractivity contribution in [1.29, 1.82) is 0 Å². The Bertz CT molecular complexity index is 1070. The molecule has 29 heavy (non-hydrogen) atoms. The summed E-state index contributed by atoms with van der Waals surface area (Å²) in [7, 11) is 0. The molecule has 0 fully saturated rings. The third-order valence-corrected chi connectivity index (χ3v) is 5.68. The molecular weight excluding hydrogens is 382 g/mol. The molecule has 2 aromatic carbocycles. The number of hydrogen-bond donors (Lipinski definition) is 0. The van der Waals surface area contributed by atoms with Crippen molar-refractivity contribution in [3.63, 3.8) is 0 Å². The van der Waals surface area contributed by atoms with Crippen molar-refractivity contribution in [2.75, 3.05) is 5.75 Å². The van der Waals surface area contributed by atoms with Crippen molar-refractivity contribution < 1.29 is 4.79 Å². The van der Waals surface area contributed by atoms with Crippen LogP contribution in [-0.2, 0) is 6.54 Å². The van der Waals surface area contributed by atoms with Crippen LogP contribution in [-0.4, -0.2) is 37.1 Å². The molecule has 0 amide bonds. The van der Waals surface area contributed by atoms with Gasteiger partial charge < -0.3 is 0 Å². The van der Waals surface area contributed by atoms with Crippen LogP contribution < -0.4 is 0 Å². The van der Waals surface area contributed by atoms with E-state index in [1.807, 2.05) is 67.1 Å². The highest BCUT2D eigenvalue weighted by atomic mass is 32.2. The van der Waals surface area contributed by atoms with Crippen LogP contribution >= 0.6 is 11.8 Å². The number of hydrogen-bond acceptors (Lipinski definition) is 6. The quantitative estimate of drug-likeness (QED) is 0.580. The second-order valence-corrected chi connectivity index (χ2v) is 7.64. The van der Waals surface area contributed by atoms with Gasteiger partial charge in [-0.3, -0.25) is 4.79 Å². The molecule has 0 radical (unpaired) electrons. The lowest BCUT2D eigenvalue weighted by Crippen LogP contribution is -2.22. The number of carbonyl (C=O) groups is 1. The zero-order valence-electron chi connectivity index (χ0n) is 16.3. The molecule has 0 saturated heterocycles. The van der Waals surface area contributed by atoms with Crippen molar-refractivity contribution in [3.05, 3.63) is 83.4 Å². The highest BCUT2D eigenvalue weighted by molar-refractivity contribution is 8.14. The topological polar surface area (TPSA) is 72.5 Å². The lowest BCUT2D eigenvalue weighted by Gasteiger charge is -2.15. The molecule has 0 N–H and O–H groups in total. The number of ketones is 1. The van der Waals surface area contributed by atoms with Gasteiger partial charge in [-0.25, -0.2) is 9.67 Å². The number of aromatic nitrogens is 3. The third-order valence-electron chi connectivity index (χ3n) is 4.66. The van der Waals surface area contributed by atoms with E-state index in [4.69, 9.17) is 0 Å². The van der Waals surface area contributed by atoms with E-state index in [0.29, 0.717) is 23.7 Å². The van der Waals surface area contributed by atoms with Crippen LogP contribution in [0.15, 0.2) is 70.9 Å². The summed E-state index contributed by atoms with van der Waals surface area (Å²) in [5, 5.41) is 14.2. The van der Waals surface area contributed by atoms with Crippen LogP contribution in [0.4, 0.5) is 0 Å². The Labute approximate surface area is 173 Å². The lowest BCUT2D eigenvalue weighted by molar-refractivity contribution is 0.102. The average Bonchev–Trinajstić information content (AvgIpc) is 3.36. The number of rotatable bonds is 6. The fourth-order valence-corrected chi connectivity index (χ4v) is 4.24. The van der Waals surface area contributed by atoms with E-state index in [9.17, 15) is 4.79 Å². The number of benzene rings is 2. The van der Waals surface area contributed by atoms with Gasteiger partial charge in [-0.2, -0.15) is 5.10 Å². The zero-order chi connectivity index (χ0) is 20.2. The number of Topliss-reactive ketones (excluding diaryl/α,β-unsaturated/α-hetero) is 1. The molecule has 2 heterocycles. The average molecular weight is 404 g/mol. The summed E-state index contributed by atoms with van der Waals surface area (Å²) in [6, 6.07) is 19.4. The molecule has 3 aromatic rings. The van der Waals surface area contributed by atoms with E-state index in [-0.39, 0.29) is 11.7 Å². The first-order valence-electron chi connectivity index (χ1n) is 9.50.